The van der Waals surface area contributed by atoms with E-state index in [9.17, 15) is 45.5 Å². The molecule has 0 aliphatic rings. The first kappa shape index (κ1) is 33.9. The lowest BCUT2D eigenvalue weighted by molar-refractivity contribution is -0.357. The average Bonchev–Trinajstić information content (AvgIpc) is 2.73. The topological polar surface area (TPSA) is 113 Å². The lowest BCUT2D eigenvalue weighted by Gasteiger charge is -2.29. The predicted octanol–water partition coefficient (Wildman–Crippen LogP) is 4.02. The number of rotatable bonds is 7. The van der Waals surface area contributed by atoms with E-state index in [4.69, 9.17) is 9.84 Å². The molecule has 1 rings (SSSR count). The third-order valence-electron chi connectivity index (χ3n) is 4.76. The molecule has 0 aromatic heterocycles. The number of amides is 2. The molecule has 0 spiro atoms. The number of benzene rings is 1. The van der Waals surface area contributed by atoms with Crippen molar-refractivity contribution in [2.24, 2.45) is 0 Å². The van der Waals surface area contributed by atoms with E-state index in [1.54, 1.807) is 45.2 Å². The van der Waals surface area contributed by atoms with Gasteiger partial charge in [0.05, 0.1) is 27.6 Å². The van der Waals surface area contributed by atoms with Gasteiger partial charge in [-0.2, -0.15) is 26.3 Å². The SMILES string of the molecule is CC(=O)N(C)c1c(I)c(C(=O)OCCOC(=O)C(O)(C(F)(F)F)C(F)(F)F)c(I)c(N(C)C(C)=O)c1I. The number of hydrogen-bond acceptors (Lipinski definition) is 7. The van der Waals surface area contributed by atoms with Crippen LogP contribution in [0.25, 0.3) is 0 Å². The molecular weight excluding hydrogens is 863 g/mol. The molecule has 0 aliphatic heterocycles. The summed E-state index contributed by atoms with van der Waals surface area (Å²) in [6.45, 7) is 0.253. The summed E-state index contributed by atoms with van der Waals surface area (Å²) in [6, 6.07) is 0. The van der Waals surface area contributed by atoms with Gasteiger partial charge in [-0.1, -0.05) is 0 Å². The quantitative estimate of drug-likeness (QED) is 0.191. The van der Waals surface area contributed by atoms with Crippen LogP contribution in [0.15, 0.2) is 0 Å². The second-order valence-corrected chi connectivity index (χ2v) is 10.4. The summed E-state index contributed by atoms with van der Waals surface area (Å²) in [5.41, 5.74) is -5.48. The second kappa shape index (κ2) is 12.3. The summed E-state index contributed by atoms with van der Waals surface area (Å²) in [5.74, 6) is -5.04. The minimum Gasteiger partial charge on any atom is -0.459 e. The fourth-order valence-corrected chi connectivity index (χ4v) is 7.61. The highest BCUT2D eigenvalue weighted by Crippen LogP contribution is 2.44. The summed E-state index contributed by atoms with van der Waals surface area (Å²) >= 11 is 5.35. The number of carbonyl (C=O) groups is 4. The number of esters is 2. The third kappa shape index (κ3) is 6.89. The molecule has 37 heavy (non-hydrogen) atoms. The van der Waals surface area contributed by atoms with Gasteiger partial charge in [-0.15, -0.1) is 0 Å². The summed E-state index contributed by atoms with van der Waals surface area (Å²) in [5, 5.41) is 8.99. The van der Waals surface area contributed by atoms with Crippen LogP contribution in [-0.2, 0) is 23.9 Å². The number of hydrogen-bond donors (Lipinski definition) is 1. The van der Waals surface area contributed by atoms with Gasteiger partial charge in [-0.25, -0.2) is 9.59 Å². The van der Waals surface area contributed by atoms with E-state index >= 15 is 0 Å². The predicted molar refractivity (Wildman–Crippen MR) is 141 cm³/mol. The monoisotopic (exact) mass is 880 g/mol. The maximum absolute atomic E-state index is 12.9. The first-order chi connectivity index (χ1) is 16.6. The van der Waals surface area contributed by atoms with Crippen LogP contribution in [0, 0.1) is 10.7 Å². The van der Waals surface area contributed by atoms with Crippen molar-refractivity contribution in [3.8, 4) is 0 Å². The van der Waals surface area contributed by atoms with Crippen molar-refractivity contribution >= 4 is 103 Å². The van der Waals surface area contributed by atoms with Crippen LogP contribution in [-0.4, -0.2) is 74.1 Å². The molecule has 0 heterocycles. The van der Waals surface area contributed by atoms with Gasteiger partial charge in [0, 0.05) is 27.9 Å². The molecule has 2 amide bonds. The van der Waals surface area contributed by atoms with Gasteiger partial charge in [0.15, 0.2) is 0 Å². The number of aliphatic hydroxyl groups is 1. The highest BCUT2D eigenvalue weighted by atomic mass is 127. The maximum atomic E-state index is 12.9. The Balaban J connectivity index is 3.30. The number of halogens is 9. The number of nitrogens with zero attached hydrogens (tertiary/aromatic N) is 2. The van der Waals surface area contributed by atoms with Crippen LogP contribution in [0.4, 0.5) is 37.7 Å². The third-order valence-corrected chi connectivity index (χ3v) is 7.88. The molecule has 0 aliphatic carbocycles. The zero-order valence-electron chi connectivity index (χ0n) is 19.1. The van der Waals surface area contributed by atoms with Crippen molar-refractivity contribution in [2.45, 2.75) is 31.8 Å². The molecule has 1 aromatic rings. The first-order valence-corrected chi connectivity index (χ1v) is 12.8. The van der Waals surface area contributed by atoms with Crippen molar-refractivity contribution in [3.63, 3.8) is 0 Å². The minimum atomic E-state index is -6.43. The average molecular weight is 880 g/mol. The van der Waals surface area contributed by atoms with E-state index in [0.29, 0.717) is 3.57 Å². The normalized spacial score (nSPS) is 12.2. The van der Waals surface area contributed by atoms with Crippen LogP contribution in [0.1, 0.15) is 24.2 Å². The van der Waals surface area contributed by atoms with Gasteiger partial charge in [0.2, 0.25) is 11.8 Å². The van der Waals surface area contributed by atoms with Crippen LogP contribution in [0.5, 0.6) is 0 Å². The van der Waals surface area contributed by atoms with Crippen LogP contribution in [0.3, 0.4) is 0 Å². The van der Waals surface area contributed by atoms with Gasteiger partial charge in [-0.3, -0.25) is 9.59 Å². The van der Waals surface area contributed by atoms with Crippen molar-refractivity contribution in [2.75, 3.05) is 37.1 Å². The molecule has 1 aromatic carbocycles. The van der Waals surface area contributed by atoms with E-state index in [1.807, 2.05) is 22.6 Å². The highest BCUT2D eigenvalue weighted by Gasteiger charge is 2.76. The summed E-state index contributed by atoms with van der Waals surface area (Å²) in [7, 11) is 2.81. The van der Waals surface area contributed by atoms with E-state index < -0.39 is 54.9 Å². The fraction of sp³-hybridized carbons (Fsp3) is 0.474. The molecule has 0 saturated heterocycles. The van der Waals surface area contributed by atoms with E-state index in [-0.39, 0.29) is 24.1 Å². The highest BCUT2D eigenvalue weighted by molar-refractivity contribution is 14.1. The van der Waals surface area contributed by atoms with Crippen LogP contribution < -0.4 is 9.80 Å². The van der Waals surface area contributed by atoms with E-state index in [0.717, 1.165) is 0 Å². The molecule has 1 N–H and O–H groups in total. The molecule has 18 heteroatoms. The smallest absolute Gasteiger partial charge is 0.437 e. The molecule has 0 unspecified atom stereocenters. The van der Waals surface area contributed by atoms with Crippen molar-refractivity contribution < 1.29 is 60.1 Å². The van der Waals surface area contributed by atoms with Crippen molar-refractivity contribution in [1.29, 1.82) is 0 Å². The summed E-state index contributed by atoms with van der Waals surface area (Å²) in [4.78, 5) is 50.7. The Morgan fingerprint density at radius 2 is 1.11 bits per heavy atom. The number of ether oxygens (including phenoxy) is 2. The number of anilines is 2. The van der Waals surface area contributed by atoms with E-state index in [1.165, 1.54) is 37.7 Å². The summed E-state index contributed by atoms with van der Waals surface area (Å²) in [6.07, 6.45) is -12.9. The Kier molecular flexibility index (Phi) is 11.3. The van der Waals surface area contributed by atoms with Gasteiger partial charge in [-0.05, 0) is 67.8 Å². The Morgan fingerprint density at radius 3 is 1.43 bits per heavy atom. The van der Waals surface area contributed by atoms with Gasteiger partial charge < -0.3 is 24.4 Å². The van der Waals surface area contributed by atoms with Gasteiger partial charge in [0.25, 0.3) is 0 Å². The fourth-order valence-electron chi connectivity index (χ4n) is 2.56. The first-order valence-electron chi connectivity index (χ1n) is 9.52. The molecule has 0 atom stereocenters. The van der Waals surface area contributed by atoms with E-state index in [2.05, 4.69) is 4.74 Å². The molecule has 0 radical (unpaired) electrons. The Hall–Kier alpha value is -1.17. The zero-order chi connectivity index (χ0) is 29.3. The molecule has 208 valence electrons. The second-order valence-electron chi connectivity index (χ2n) is 7.15. The minimum absolute atomic E-state index is 0.166. The van der Waals surface area contributed by atoms with Crippen LogP contribution in [0.2, 0.25) is 0 Å². The zero-order valence-corrected chi connectivity index (χ0v) is 25.6. The lowest BCUT2D eigenvalue weighted by atomic mass is 10.0. The molecular formula is C19H17F6I3N2O7. The van der Waals surface area contributed by atoms with Gasteiger partial charge >= 0.3 is 29.9 Å². The number of carbonyl (C=O) groups excluding carboxylic acids is 4. The maximum Gasteiger partial charge on any atom is 0.437 e. The lowest BCUT2D eigenvalue weighted by Crippen LogP contribution is -2.63. The molecule has 0 bridgehead atoms. The molecule has 0 fully saturated rings. The standard InChI is InChI=1S/C19H17F6I3N2O7/c1-7(31)29(3)13-10(26)9(11(27)14(12(13)28)30(4)8(2)32)15(33)36-5-6-37-16(34)17(35,18(20,21)22)19(23,24)25/h35H,5-6H2,1-4H3. The van der Waals surface area contributed by atoms with Crippen LogP contribution >= 0.6 is 67.8 Å². The number of alkyl halides is 6. The Bertz CT molecular complexity index is 1050. The van der Waals surface area contributed by atoms with Crippen molar-refractivity contribution in [1.82, 2.24) is 0 Å². The van der Waals surface area contributed by atoms with Crippen molar-refractivity contribution in [3.05, 3.63) is 16.3 Å². The Morgan fingerprint density at radius 1 is 0.757 bits per heavy atom. The molecule has 0 saturated carbocycles. The largest absolute Gasteiger partial charge is 0.459 e. The van der Waals surface area contributed by atoms with Gasteiger partial charge in [0.1, 0.15) is 13.2 Å². The Labute approximate surface area is 246 Å². The molecule has 9 nitrogen and oxygen atoms in total. The summed E-state index contributed by atoms with van der Waals surface area (Å²) < 4.78 is 86.0.